The SMILES string of the molecule is CC(C)(C)OC(=O)N1CCC1c1nccnc1Cl. The van der Waals surface area contributed by atoms with Crippen molar-refractivity contribution in [2.75, 3.05) is 6.54 Å². The molecule has 1 aromatic heterocycles. The van der Waals surface area contributed by atoms with Crippen LogP contribution in [0.25, 0.3) is 0 Å². The fourth-order valence-electron chi connectivity index (χ4n) is 1.77. The molecule has 0 bridgehead atoms. The van der Waals surface area contributed by atoms with Gasteiger partial charge in [0.1, 0.15) is 11.3 Å². The highest BCUT2D eigenvalue weighted by Gasteiger charge is 2.38. The third-order valence-corrected chi connectivity index (χ3v) is 2.93. The Balaban J connectivity index is 2.09. The molecule has 1 fully saturated rings. The Bertz CT molecular complexity index is 459. The summed E-state index contributed by atoms with van der Waals surface area (Å²) >= 11 is 5.98. The third-order valence-electron chi connectivity index (χ3n) is 2.64. The van der Waals surface area contributed by atoms with Crippen LogP contribution < -0.4 is 0 Å². The number of amides is 1. The maximum atomic E-state index is 11.9. The molecule has 1 amide bonds. The summed E-state index contributed by atoms with van der Waals surface area (Å²) in [6, 6.07) is -0.124. The molecule has 0 N–H and O–H groups in total. The maximum Gasteiger partial charge on any atom is 0.410 e. The van der Waals surface area contributed by atoms with Crippen molar-refractivity contribution in [3.05, 3.63) is 23.2 Å². The van der Waals surface area contributed by atoms with Crippen molar-refractivity contribution in [3.8, 4) is 0 Å². The molecule has 2 rings (SSSR count). The summed E-state index contributed by atoms with van der Waals surface area (Å²) < 4.78 is 5.33. The minimum atomic E-state index is -0.497. The number of carbonyl (C=O) groups excluding carboxylic acids is 1. The zero-order valence-electron chi connectivity index (χ0n) is 10.7. The zero-order chi connectivity index (χ0) is 13.3. The van der Waals surface area contributed by atoms with Crippen LogP contribution in [0.3, 0.4) is 0 Å². The lowest BCUT2D eigenvalue weighted by molar-refractivity contribution is -0.00655. The molecule has 18 heavy (non-hydrogen) atoms. The molecule has 98 valence electrons. The number of likely N-dealkylation sites (tertiary alicyclic amines) is 1. The quantitative estimate of drug-likeness (QED) is 0.787. The Morgan fingerprint density at radius 3 is 2.61 bits per heavy atom. The molecule has 5 nitrogen and oxygen atoms in total. The summed E-state index contributed by atoms with van der Waals surface area (Å²) in [6.45, 7) is 6.19. The van der Waals surface area contributed by atoms with Crippen molar-refractivity contribution >= 4 is 17.7 Å². The maximum absolute atomic E-state index is 11.9. The van der Waals surface area contributed by atoms with Gasteiger partial charge in [-0.15, -0.1) is 0 Å². The molecule has 0 aliphatic carbocycles. The fourth-order valence-corrected chi connectivity index (χ4v) is 2.00. The van der Waals surface area contributed by atoms with Crippen LogP contribution >= 0.6 is 11.6 Å². The lowest BCUT2D eigenvalue weighted by Crippen LogP contribution is -2.47. The number of nitrogens with zero attached hydrogens (tertiary/aromatic N) is 3. The first-order valence-corrected chi connectivity index (χ1v) is 6.22. The van der Waals surface area contributed by atoms with Crippen molar-refractivity contribution in [3.63, 3.8) is 0 Å². The predicted molar refractivity (Wildman–Crippen MR) is 67.3 cm³/mol. The number of hydrogen-bond donors (Lipinski definition) is 0. The van der Waals surface area contributed by atoms with Crippen LogP contribution in [0.15, 0.2) is 12.4 Å². The average molecular weight is 270 g/mol. The van der Waals surface area contributed by atoms with Gasteiger partial charge in [-0.2, -0.15) is 0 Å². The highest BCUT2D eigenvalue weighted by molar-refractivity contribution is 6.30. The molecule has 1 atom stereocenters. The standard InChI is InChI=1S/C12H16ClN3O2/c1-12(2,3)18-11(17)16-7-4-8(16)9-10(13)15-6-5-14-9/h5-6,8H,4,7H2,1-3H3. The van der Waals surface area contributed by atoms with E-state index >= 15 is 0 Å². The van der Waals surface area contributed by atoms with Crippen molar-refractivity contribution in [1.29, 1.82) is 0 Å². The van der Waals surface area contributed by atoms with E-state index in [0.29, 0.717) is 17.4 Å². The molecule has 1 unspecified atom stereocenters. The molecule has 0 radical (unpaired) electrons. The molecular weight excluding hydrogens is 254 g/mol. The first kappa shape index (κ1) is 13.1. The highest BCUT2D eigenvalue weighted by atomic mass is 35.5. The Hall–Kier alpha value is -1.36. The molecule has 1 aromatic rings. The Kier molecular flexibility index (Phi) is 3.43. The van der Waals surface area contributed by atoms with E-state index in [1.807, 2.05) is 20.8 Å². The normalized spacial score (nSPS) is 19.3. The number of ether oxygens (including phenoxy) is 1. The lowest BCUT2D eigenvalue weighted by atomic mass is 10.0. The van der Waals surface area contributed by atoms with Gasteiger partial charge < -0.3 is 4.74 Å². The Labute approximate surface area is 111 Å². The summed E-state index contributed by atoms with van der Waals surface area (Å²) in [7, 11) is 0. The summed E-state index contributed by atoms with van der Waals surface area (Å²) in [5, 5.41) is 0.343. The second-order valence-corrected chi connectivity index (χ2v) is 5.57. The number of rotatable bonds is 1. The summed E-state index contributed by atoms with van der Waals surface area (Å²) in [5.41, 5.74) is 0.139. The van der Waals surface area contributed by atoms with Gasteiger partial charge in [-0.05, 0) is 27.2 Å². The molecule has 2 heterocycles. The largest absolute Gasteiger partial charge is 0.444 e. The molecule has 0 saturated carbocycles. The monoisotopic (exact) mass is 269 g/mol. The second kappa shape index (κ2) is 4.72. The smallest absolute Gasteiger partial charge is 0.410 e. The minimum Gasteiger partial charge on any atom is -0.444 e. The number of aromatic nitrogens is 2. The van der Waals surface area contributed by atoms with Gasteiger partial charge >= 0.3 is 6.09 Å². The van der Waals surface area contributed by atoms with Crippen molar-refractivity contribution in [1.82, 2.24) is 14.9 Å². The topological polar surface area (TPSA) is 55.3 Å². The van der Waals surface area contributed by atoms with Gasteiger partial charge in [-0.3, -0.25) is 9.88 Å². The summed E-state index contributed by atoms with van der Waals surface area (Å²) in [4.78, 5) is 21.7. The van der Waals surface area contributed by atoms with Crippen LogP contribution in [-0.2, 0) is 4.74 Å². The lowest BCUT2D eigenvalue weighted by Gasteiger charge is -2.40. The van der Waals surface area contributed by atoms with Crippen molar-refractivity contribution in [2.45, 2.75) is 38.8 Å². The zero-order valence-corrected chi connectivity index (χ0v) is 11.4. The van der Waals surface area contributed by atoms with Crippen LogP contribution in [0.4, 0.5) is 4.79 Å². The van der Waals surface area contributed by atoms with E-state index in [1.165, 1.54) is 6.20 Å². The van der Waals surface area contributed by atoms with E-state index in [9.17, 15) is 4.79 Å². The second-order valence-electron chi connectivity index (χ2n) is 5.21. The first-order valence-electron chi connectivity index (χ1n) is 5.84. The molecule has 1 saturated heterocycles. The van der Waals surface area contributed by atoms with E-state index in [4.69, 9.17) is 16.3 Å². The van der Waals surface area contributed by atoms with Crippen LogP contribution in [-0.4, -0.2) is 33.1 Å². The molecule has 6 heteroatoms. The Morgan fingerprint density at radius 1 is 1.44 bits per heavy atom. The van der Waals surface area contributed by atoms with E-state index in [2.05, 4.69) is 9.97 Å². The molecular formula is C12H16ClN3O2. The highest BCUT2D eigenvalue weighted by Crippen LogP contribution is 2.35. The number of hydrogen-bond acceptors (Lipinski definition) is 4. The number of halogens is 1. The number of carbonyl (C=O) groups is 1. The van der Waals surface area contributed by atoms with Crippen LogP contribution in [0.1, 0.15) is 38.9 Å². The van der Waals surface area contributed by atoms with E-state index in [1.54, 1.807) is 11.1 Å². The van der Waals surface area contributed by atoms with Crippen molar-refractivity contribution < 1.29 is 9.53 Å². The molecule has 1 aliphatic heterocycles. The molecule has 0 spiro atoms. The molecule has 1 aliphatic rings. The summed E-state index contributed by atoms with van der Waals surface area (Å²) in [6.07, 6.45) is 3.60. The molecule has 0 aromatic carbocycles. The third kappa shape index (κ3) is 2.72. The van der Waals surface area contributed by atoms with Crippen LogP contribution in [0.2, 0.25) is 5.15 Å². The Morgan fingerprint density at radius 2 is 2.11 bits per heavy atom. The van der Waals surface area contributed by atoms with Crippen molar-refractivity contribution in [2.24, 2.45) is 0 Å². The first-order chi connectivity index (χ1) is 8.38. The van der Waals surface area contributed by atoms with Gasteiger partial charge in [0.2, 0.25) is 0 Å². The van der Waals surface area contributed by atoms with Gasteiger partial charge in [-0.25, -0.2) is 9.78 Å². The van der Waals surface area contributed by atoms with Gasteiger partial charge in [0.15, 0.2) is 5.15 Å². The minimum absolute atomic E-state index is 0.124. The van der Waals surface area contributed by atoms with Gasteiger partial charge in [0.05, 0.1) is 6.04 Å². The van der Waals surface area contributed by atoms with E-state index in [-0.39, 0.29) is 12.1 Å². The average Bonchev–Trinajstić information content (AvgIpc) is 2.16. The van der Waals surface area contributed by atoms with E-state index in [0.717, 1.165) is 6.42 Å². The van der Waals surface area contributed by atoms with E-state index < -0.39 is 5.60 Å². The predicted octanol–water partition coefficient (Wildman–Crippen LogP) is 2.81. The summed E-state index contributed by atoms with van der Waals surface area (Å²) in [5.74, 6) is 0. The van der Waals surface area contributed by atoms with Gasteiger partial charge in [-0.1, -0.05) is 11.6 Å². The van der Waals surface area contributed by atoms with Gasteiger partial charge in [0.25, 0.3) is 0 Å². The fraction of sp³-hybridized carbons (Fsp3) is 0.583. The van der Waals surface area contributed by atoms with Gasteiger partial charge in [0, 0.05) is 18.9 Å². The van der Waals surface area contributed by atoms with Crippen LogP contribution in [0.5, 0.6) is 0 Å². The van der Waals surface area contributed by atoms with Crippen LogP contribution in [0, 0.1) is 0 Å².